The maximum atomic E-state index is 11.7. The van der Waals surface area contributed by atoms with Crippen LogP contribution in [0.4, 0.5) is 0 Å². The third-order valence-corrected chi connectivity index (χ3v) is 4.23. The van der Waals surface area contributed by atoms with Gasteiger partial charge in [0, 0.05) is 29.0 Å². The number of hydrogen-bond acceptors (Lipinski definition) is 5. The smallest absolute Gasteiger partial charge is 0.349 e. The van der Waals surface area contributed by atoms with Crippen LogP contribution < -0.4 is 9.47 Å². The Kier molecular flexibility index (Phi) is 6.10. The van der Waals surface area contributed by atoms with Gasteiger partial charge in [0.2, 0.25) is 6.10 Å². The monoisotopic (exact) mass is 394 g/mol. The molecule has 0 aliphatic rings. The Labute approximate surface area is 166 Å². The first kappa shape index (κ1) is 19.2. The predicted octanol–water partition coefficient (Wildman–Crippen LogP) is 4.39. The molecular formula is C21H15ClN2O4. The third kappa shape index (κ3) is 4.58. The number of hydrogen-bond donors (Lipinski definition) is 1. The van der Waals surface area contributed by atoms with Gasteiger partial charge in [-0.3, -0.25) is 4.98 Å². The van der Waals surface area contributed by atoms with Crippen LogP contribution in [0.5, 0.6) is 11.5 Å². The number of carboxylic acid groups (broad SMARTS) is 1. The summed E-state index contributed by atoms with van der Waals surface area (Å²) in [6, 6.07) is 16.8. The Morgan fingerprint density at radius 3 is 2.61 bits per heavy atom. The van der Waals surface area contributed by atoms with Crippen LogP contribution in [0.3, 0.4) is 0 Å². The van der Waals surface area contributed by atoms with Crippen molar-refractivity contribution in [2.24, 2.45) is 0 Å². The number of benzene rings is 2. The molecule has 2 aromatic carbocycles. The zero-order valence-corrected chi connectivity index (χ0v) is 15.3. The molecular weight excluding hydrogens is 380 g/mol. The highest BCUT2D eigenvalue weighted by Gasteiger charge is 2.25. The minimum atomic E-state index is -1.36. The first-order valence-electron chi connectivity index (χ1n) is 8.28. The molecule has 140 valence electrons. The fraction of sp³-hybridized carbons (Fsp3) is 0.0952. The summed E-state index contributed by atoms with van der Waals surface area (Å²) in [7, 11) is 0. The predicted molar refractivity (Wildman–Crippen MR) is 102 cm³/mol. The van der Waals surface area contributed by atoms with Crippen LogP contribution in [0.15, 0.2) is 67.0 Å². The summed E-state index contributed by atoms with van der Waals surface area (Å²) >= 11 is 6.11. The van der Waals surface area contributed by atoms with Gasteiger partial charge in [-0.25, -0.2) is 4.79 Å². The van der Waals surface area contributed by atoms with Crippen LogP contribution in [0, 0.1) is 11.3 Å². The zero-order valence-electron chi connectivity index (χ0n) is 14.6. The van der Waals surface area contributed by atoms with Crippen molar-refractivity contribution in [2.45, 2.75) is 12.7 Å². The van der Waals surface area contributed by atoms with Gasteiger partial charge in [0.1, 0.15) is 24.2 Å². The SMILES string of the molecule is N#Cc1ccc(OCc2ccncc2)cc1O[C@@H](C(=O)O)c1ccccc1Cl. The lowest BCUT2D eigenvalue weighted by molar-refractivity contribution is -0.145. The van der Waals surface area contributed by atoms with E-state index in [2.05, 4.69) is 4.98 Å². The van der Waals surface area contributed by atoms with Crippen molar-refractivity contribution in [3.05, 3.63) is 88.7 Å². The Balaban J connectivity index is 1.86. The Bertz CT molecular complexity index is 1020. The van der Waals surface area contributed by atoms with E-state index in [4.69, 9.17) is 21.1 Å². The Morgan fingerprint density at radius 2 is 1.93 bits per heavy atom. The second-order valence-corrected chi connectivity index (χ2v) is 6.18. The molecule has 3 rings (SSSR count). The number of carboxylic acids is 1. The van der Waals surface area contributed by atoms with Crippen molar-refractivity contribution >= 4 is 17.6 Å². The van der Waals surface area contributed by atoms with E-state index in [-0.39, 0.29) is 16.3 Å². The van der Waals surface area contributed by atoms with Gasteiger partial charge in [0.05, 0.1) is 5.56 Å². The van der Waals surface area contributed by atoms with Gasteiger partial charge in [0.25, 0.3) is 0 Å². The summed E-state index contributed by atoms with van der Waals surface area (Å²) in [5.74, 6) is -0.684. The number of pyridine rings is 1. The van der Waals surface area contributed by atoms with E-state index in [0.29, 0.717) is 17.9 Å². The molecule has 0 saturated carbocycles. The third-order valence-electron chi connectivity index (χ3n) is 3.89. The molecule has 0 aliphatic heterocycles. The van der Waals surface area contributed by atoms with Crippen molar-refractivity contribution < 1.29 is 19.4 Å². The molecule has 1 atom stereocenters. The molecule has 0 fully saturated rings. The summed E-state index contributed by atoms with van der Waals surface area (Å²) in [5.41, 5.74) is 1.40. The molecule has 1 aromatic heterocycles. The Morgan fingerprint density at radius 1 is 1.18 bits per heavy atom. The van der Waals surface area contributed by atoms with Crippen molar-refractivity contribution in [3.63, 3.8) is 0 Å². The number of ether oxygens (including phenoxy) is 2. The summed E-state index contributed by atoms with van der Waals surface area (Å²) in [4.78, 5) is 15.7. The van der Waals surface area contributed by atoms with Gasteiger partial charge in [-0.05, 0) is 35.9 Å². The first-order valence-corrected chi connectivity index (χ1v) is 8.66. The molecule has 3 aromatic rings. The minimum absolute atomic E-state index is 0.0991. The van der Waals surface area contributed by atoms with E-state index in [1.807, 2.05) is 18.2 Å². The number of aliphatic carboxylic acids is 1. The topological polar surface area (TPSA) is 92.4 Å². The van der Waals surface area contributed by atoms with E-state index >= 15 is 0 Å². The normalized spacial score (nSPS) is 11.3. The molecule has 6 nitrogen and oxygen atoms in total. The number of carbonyl (C=O) groups is 1. The standard InChI is InChI=1S/C21H15ClN2O4/c22-18-4-2-1-3-17(18)20(21(25)26)28-19-11-16(6-5-15(19)12-23)27-13-14-7-9-24-10-8-14/h1-11,20H,13H2,(H,25,26)/t20-/m1/s1. The van der Waals surface area contributed by atoms with Crippen LogP contribution in [-0.2, 0) is 11.4 Å². The molecule has 1 N–H and O–H groups in total. The van der Waals surface area contributed by atoms with E-state index in [9.17, 15) is 15.2 Å². The van der Waals surface area contributed by atoms with Gasteiger partial charge in [-0.1, -0.05) is 29.8 Å². The molecule has 0 amide bonds. The van der Waals surface area contributed by atoms with Crippen LogP contribution in [0.1, 0.15) is 22.8 Å². The van der Waals surface area contributed by atoms with Crippen molar-refractivity contribution in [3.8, 4) is 17.6 Å². The maximum Gasteiger partial charge on any atom is 0.349 e. The maximum absolute atomic E-state index is 11.7. The molecule has 7 heteroatoms. The zero-order chi connectivity index (χ0) is 19.9. The van der Waals surface area contributed by atoms with Gasteiger partial charge in [-0.2, -0.15) is 5.26 Å². The van der Waals surface area contributed by atoms with Crippen LogP contribution in [0.2, 0.25) is 5.02 Å². The van der Waals surface area contributed by atoms with E-state index in [1.165, 1.54) is 12.1 Å². The molecule has 0 radical (unpaired) electrons. The highest BCUT2D eigenvalue weighted by molar-refractivity contribution is 6.31. The molecule has 0 aliphatic carbocycles. The fourth-order valence-electron chi connectivity index (χ4n) is 2.49. The summed E-state index contributed by atoms with van der Waals surface area (Å²) < 4.78 is 11.4. The lowest BCUT2D eigenvalue weighted by Crippen LogP contribution is -2.19. The average molecular weight is 395 g/mol. The van der Waals surface area contributed by atoms with Crippen molar-refractivity contribution in [2.75, 3.05) is 0 Å². The number of nitriles is 1. The minimum Gasteiger partial charge on any atom is -0.489 e. The quantitative estimate of drug-likeness (QED) is 0.638. The molecule has 0 bridgehead atoms. The molecule has 28 heavy (non-hydrogen) atoms. The van der Waals surface area contributed by atoms with Gasteiger partial charge < -0.3 is 14.6 Å². The first-order chi connectivity index (χ1) is 13.6. The molecule has 0 saturated heterocycles. The second kappa shape index (κ2) is 8.89. The van der Waals surface area contributed by atoms with Gasteiger partial charge in [0.15, 0.2) is 0 Å². The highest BCUT2D eigenvalue weighted by Crippen LogP contribution is 2.32. The highest BCUT2D eigenvalue weighted by atomic mass is 35.5. The fourth-order valence-corrected chi connectivity index (χ4v) is 2.72. The lowest BCUT2D eigenvalue weighted by atomic mass is 10.1. The molecule has 0 unspecified atom stereocenters. The van der Waals surface area contributed by atoms with Crippen LogP contribution >= 0.6 is 11.6 Å². The number of rotatable bonds is 7. The van der Waals surface area contributed by atoms with Crippen LogP contribution in [-0.4, -0.2) is 16.1 Å². The van der Waals surface area contributed by atoms with E-state index in [0.717, 1.165) is 5.56 Å². The van der Waals surface area contributed by atoms with E-state index in [1.54, 1.807) is 42.7 Å². The second-order valence-electron chi connectivity index (χ2n) is 5.77. The summed E-state index contributed by atoms with van der Waals surface area (Å²) in [6.45, 7) is 0.292. The van der Waals surface area contributed by atoms with Crippen molar-refractivity contribution in [1.29, 1.82) is 5.26 Å². The largest absolute Gasteiger partial charge is 0.489 e. The van der Waals surface area contributed by atoms with Gasteiger partial charge in [-0.15, -0.1) is 0 Å². The number of nitrogens with zero attached hydrogens (tertiary/aromatic N) is 2. The molecule has 1 heterocycles. The Hall–Kier alpha value is -3.56. The summed E-state index contributed by atoms with van der Waals surface area (Å²) in [6.07, 6.45) is 1.96. The van der Waals surface area contributed by atoms with Crippen LogP contribution in [0.25, 0.3) is 0 Å². The number of halogens is 1. The summed E-state index contributed by atoms with van der Waals surface area (Å²) in [5, 5.41) is 19.2. The van der Waals surface area contributed by atoms with Gasteiger partial charge >= 0.3 is 5.97 Å². The average Bonchev–Trinajstić information content (AvgIpc) is 2.72. The molecule has 0 spiro atoms. The van der Waals surface area contributed by atoms with E-state index < -0.39 is 12.1 Å². The van der Waals surface area contributed by atoms with Crippen molar-refractivity contribution in [1.82, 2.24) is 4.98 Å². The number of aromatic nitrogens is 1. The lowest BCUT2D eigenvalue weighted by Gasteiger charge is -2.18.